The fraction of sp³-hybridized carbons (Fsp3) is 0.227. The first kappa shape index (κ1) is 21.9. The number of nitrogens with one attached hydrogen (secondary N) is 1. The molecule has 0 aliphatic heterocycles. The summed E-state index contributed by atoms with van der Waals surface area (Å²) in [5.41, 5.74) is 2.62. The second kappa shape index (κ2) is 9.78. The van der Waals surface area contributed by atoms with Crippen LogP contribution in [0.3, 0.4) is 0 Å². The Bertz CT molecular complexity index is 1060. The van der Waals surface area contributed by atoms with Gasteiger partial charge in [-0.1, -0.05) is 30.1 Å². The molecule has 1 amide bonds. The van der Waals surface area contributed by atoms with E-state index in [2.05, 4.69) is 10.4 Å². The molecule has 1 heterocycles. The molecule has 1 N–H and O–H groups in total. The molecule has 0 aliphatic carbocycles. The number of hydrogen-bond donors (Lipinski definition) is 1. The minimum atomic E-state index is -0.529. The summed E-state index contributed by atoms with van der Waals surface area (Å²) in [6, 6.07) is 13.7. The average Bonchev–Trinajstić information content (AvgIpc) is 3.17. The molecule has 3 aromatic rings. The molecule has 0 bridgehead atoms. The van der Waals surface area contributed by atoms with Crippen LogP contribution in [0.2, 0.25) is 10.0 Å². The molecule has 6 nitrogen and oxygen atoms in total. The third kappa shape index (κ3) is 4.83. The third-order valence-corrected chi connectivity index (χ3v) is 4.86. The maximum absolute atomic E-state index is 12.3. The van der Waals surface area contributed by atoms with Gasteiger partial charge in [0.05, 0.1) is 23.0 Å². The molecule has 8 heteroatoms. The van der Waals surface area contributed by atoms with Gasteiger partial charge >= 0.3 is 5.97 Å². The van der Waals surface area contributed by atoms with Crippen LogP contribution in [0.15, 0.2) is 48.5 Å². The van der Waals surface area contributed by atoms with Crippen LogP contribution < -0.4 is 5.32 Å². The van der Waals surface area contributed by atoms with Gasteiger partial charge in [0, 0.05) is 22.7 Å². The van der Waals surface area contributed by atoms with Crippen molar-refractivity contribution in [3.05, 3.63) is 69.8 Å². The van der Waals surface area contributed by atoms with Gasteiger partial charge in [-0.2, -0.15) is 5.10 Å². The Balaban J connectivity index is 2.04. The first-order valence-corrected chi connectivity index (χ1v) is 10.3. The van der Waals surface area contributed by atoms with E-state index in [0.717, 1.165) is 6.42 Å². The van der Waals surface area contributed by atoms with Gasteiger partial charge in [-0.3, -0.25) is 4.79 Å². The number of amides is 1. The van der Waals surface area contributed by atoms with E-state index in [4.69, 9.17) is 27.9 Å². The number of aromatic nitrogens is 2. The molecule has 0 spiro atoms. The number of rotatable bonds is 7. The van der Waals surface area contributed by atoms with E-state index < -0.39 is 5.97 Å². The van der Waals surface area contributed by atoms with E-state index in [1.165, 1.54) is 0 Å². The molecule has 0 fully saturated rings. The maximum Gasteiger partial charge on any atom is 0.358 e. The van der Waals surface area contributed by atoms with Crippen LogP contribution in [-0.2, 0) is 4.74 Å². The van der Waals surface area contributed by atoms with Crippen molar-refractivity contribution in [3.63, 3.8) is 0 Å². The van der Waals surface area contributed by atoms with Crippen molar-refractivity contribution in [1.29, 1.82) is 0 Å². The van der Waals surface area contributed by atoms with Crippen molar-refractivity contribution >= 4 is 35.1 Å². The molecule has 0 radical (unpaired) electrons. The zero-order chi connectivity index (χ0) is 21.7. The largest absolute Gasteiger partial charge is 0.461 e. The fourth-order valence-electron chi connectivity index (χ4n) is 2.87. The molecule has 1 aromatic heterocycles. The summed E-state index contributed by atoms with van der Waals surface area (Å²) in [6.07, 6.45) is 0.860. The van der Waals surface area contributed by atoms with Crippen LogP contribution in [0.1, 0.15) is 41.1 Å². The number of hydrogen-bond acceptors (Lipinski definition) is 4. The van der Waals surface area contributed by atoms with Crippen molar-refractivity contribution in [2.75, 3.05) is 13.2 Å². The minimum Gasteiger partial charge on any atom is -0.461 e. The van der Waals surface area contributed by atoms with Crippen molar-refractivity contribution in [1.82, 2.24) is 15.1 Å². The number of nitrogens with zero attached hydrogens (tertiary/aromatic N) is 2. The molecule has 0 unspecified atom stereocenters. The van der Waals surface area contributed by atoms with E-state index in [-0.39, 0.29) is 18.2 Å². The summed E-state index contributed by atoms with van der Waals surface area (Å²) in [5, 5.41) is 8.18. The molecule has 0 atom stereocenters. The minimum absolute atomic E-state index is 0.142. The van der Waals surface area contributed by atoms with Crippen LogP contribution in [0.4, 0.5) is 0 Å². The number of ether oxygens (including phenoxy) is 1. The maximum atomic E-state index is 12.3. The predicted molar refractivity (Wildman–Crippen MR) is 118 cm³/mol. The molecular weight excluding hydrogens is 425 g/mol. The first-order chi connectivity index (χ1) is 14.4. The molecule has 2 aromatic carbocycles. The highest BCUT2D eigenvalue weighted by Gasteiger charge is 2.19. The molecule has 30 heavy (non-hydrogen) atoms. The zero-order valence-corrected chi connectivity index (χ0v) is 18.1. The number of benzene rings is 2. The van der Waals surface area contributed by atoms with Gasteiger partial charge in [-0.25, -0.2) is 9.48 Å². The van der Waals surface area contributed by atoms with Gasteiger partial charge < -0.3 is 10.1 Å². The first-order valence-electron chi connectivity index (χ1n) is 9.55. The van der Waals surface area contributed by atoms with Crippen LogP contribution in [0.5, 0.6) is 0 Å². The SMILES string of the molecule is CCCNC(=O)c1ccc(-n2nc(C(=O)OCC)cc2-c2ccc(Cl)cc2Cl)cc1. The zero-order valence-electron chi connectivity index (χ0n) is 16.6. The third-order valence-electron chi connectivity index (χ3n) is 4.31. The van der Waals surface area contributed by atoms with E-state index in [0.29, 0.717) is 39.1 Å². The summed E-state index contributed by atoms with van der Waals surface area (Å²) >= 11 is 12.4. The Morgan fingerprint density at radius 1 is 1.07 bits per heavy atom. The van der Waals surface area contributed by atoms with Crippen molar-refractivity contribution in [2.24, 2.45) is 0 Å². The molecule has 0 saturated heterocycles. The number of carbonyl (C=O) groups is 2. The Kier molecular flexibility index (Phi) is 7.13. The van der Waals surface area contributed by atoms with Crippen LogP contribution in [-0.4, -0.2) is 34.8 Å². The number of halogens is 2. The molecule has 0 aliphatic rings. The lowest BCUT2D eigenvalue weighted by molar-refractivity contribution is 0.0519. The summed E-state index contributed by atoms with van der Waals surface area (Å²) in [6.45, 7) is 4.58. The number of esters is 1. The second-order valence-corrected chi connectivity index (χ2v) is 7.32. The normalized spacial score (nSPS) is 10.7. The average molecular weight is 446 g/mol. The second-order valence-electron chi connectivity index (χ2n) is 6.47. The Labute approximate surface area is 184 Å². The van der Waals surface area contributed by atoms with Gasteiger partial charge in [0.15, 0.2) is 5.69 Å². The summed E-state index contributed by atoms with van der Waals surface area (Å²) in [5.74, 6) is -0.671. The lowest BCUT2D eigenvalue weighted by Crippen LogP contribution is -2.23. The van der Waals surface area contributed by atoms with Crippen LogP contribution in [0, 0.1) is 0 Å². The van der Waals surface area contributed by atoms with E-state index in [9.17, 15) is 9.59 Å². The Morgan fingerprint density at radius 2 is 1.80 bits per heavy atom. The number of carbonyl (C=O) groups excluding carboxylic acids is 2. The smallest absolute Gasteiger partial charge is 0.358 e. The molecule has 3 rings (SSSR count). The summed E-state index contributed by atoms with van der Waals surface area (Å²) in [4.78, 5) is 24.4. The van der Waals surface area contributed by atoms with E-state index >= 15 is 0 Å². The summed E-state index contributed by atoms with van der Waals surface area (Å²) in [7, 11) is 0. The summed E-state index contributed by atoms with van der Waals surface area (Å²) < 4.78 is 6.68. The van der Waals surface area contributed by atoms with E-state index in [1.807, 2.05) is 6.92 Å². The lowest BCUT2D eigenvalue weighted by atomic mass is 10.1. The van der Waals surface area contributed by atoms with E-state index in [1.54, 1.807) is 60.1 Å². The van der Waals surface area contributed by atoms with Gasteiger partial charge in [0.1, 0.15) is 0 Å². The highest BCUT2D eigenvalue weighted by atomic mass is 35.5. The quantitative estimate of drug-likeness (QED) is 0.509. The highest BCUT2D eigenvalue weighted by molar-refractivity contribution is 6.36. The standard InChI is InChI=1S/C22H21Cl2N3O3/c1-3-11-25-21(28)14-5-8-16(9-6-14)27-20(13-19(26-27)22(29)30-4-2)17-10-7-15(23)12-18(17)24/h5-10,12-13H,3-4,11H2,1-2H3,(H,25,28). The Morgan fingerprint density at radius 3 is 2.43 bits per heavy atom. The van der Waals surface area contributed by atoms with Crippen molar-refractivity contribution in [2.45, 2.75) is 20.3 Å². The van der Waals surface area contributed by atoms with Gasteiger partial charge in [-0.05, 0) is 61.9 Å². The molecular formula is C22H21Cl2N3O3. The Hall–Kier alpha value is -2.83. The van der Waals surface area contributed by atoms with Crippen LogP contribution in [0.25, 0.3) is 16.9 Å². The van der Waals surface area contributed by atoms with Crippen molar-refractivity contribution < 1.29 is 14.3 Å². The molecule has 0 saturated carbocycles. The van der Waals surface area contributed by atoms with Gasteiger partial charge in [0.2, 0.25) is 0 Å². The lowest BCUT2D eigenvalue weighted by Gasteiger charge is -2.10. The van der Waals surface area contributed by atoms with Crippen molar-refractivity contribution in [3.8, 4) is 16.9 Å². The van der Waals surface area contributed by atoms with Crippen LogP contribution >= 0.6 is 23.2 Å². The monoisotopic (exact) mass is 445 g/mol. The van der Waals surface area contributed by atoms with Gasteiger partial charge in [0.25, 0.3) is 5.91 Å². The van der Waals surface area contributed by atoms with Gasteiger partial charge in [-0.15, -0.1) is 0 Å². The predicted octanol–water partition coefficient (Wildman–Crippen LogP) is 5.16. The fourth-order valence-corrected chi connectivity index (χ4v) is 3.37. The topological polar surface area (TPSA) is 73.2 Å². The highest BCUT2D eigenvalue weighted by Crippen LogP contribution is 2.32. The molecule has 156 valence electrons.